The summed E-state index contributed by atoms with van der Waals surface area (Å²) >= 11 is 12.2. The van der Waals surface area contributed by atoms with Crippen LogP contribution >= 0.6 is 23.2 Å². The molecule has 110 valence electrons. The fourth-order valence-corrected chi connectivity index (χ4v) is 3.03. The monoisotopic (exact) mass is 334 g/mol. The minimum absolute atomic E-state index is 0.137. The molecule has 1 aliphatic heterocycles. The Balaban J connectivity index is 2.25. The Morgan fingerprint density at radius 2 is 1.86 bits per heavy atom. The number of para-hydroxylation sites is 1. The predicted molar refractivity (Wildman–Crippen MR) is 82.6 cm³/mol. The quantitative estimate of drug-likeness (QED) is 0.626. The summed E-state index contributed by atoms with van der Waals surface area (Å²) in [5.41, 5.74) is -0.0816. The van der Waals surface area contributed by atoms with Crippen LogP contribution in [0.4, 0.5) is 5.69 Å². The van der Waals surface area contributed by atoms with E-state index >= 15 is 0 Å². The lowest BCUT2D eigenvalue weighted by Gasteiger charge is -2.15. The second kappa shape index (κ2) is 5.51. The zero-order valence-electron chi connectivity index (χ0n) is 11.0. The Morgan fingerprint density at radius 1 is 1.14 bits per heavy atom. The molecule has 1 unspecified atom stereocenters. The van der Waals surface area contributed by atoms with Gasteiger partial charge in [-0.1, -0.05) is 47.5 Å². The molecular weight excluding hydrogens is 327 g/mol. The van der Waals surface area contributed by atoms with Crippen molar-refractivity contribution in [2.45, 2.75) is 5.92 Å². The van der Waals surface area contributed by atoms with Crippen molar-refractivity contribution in [2.75, 3.05) is 0 Å². The van der Waals surface area contributed by atoms with Crippen molar-refractivity contribution in [1.82, 2.24) is 0 Å². The van der Waals surface area contributed by atoms with Gasteiger partial charge in [0.25, 0.3) is 11.6 Å². The highest BCUT2D eigenvalue weighted by molar-refractivity contribution is 6.38. The molecule has 0 radical (unpaired) electrons. The Hall–Kier alpha value is -2.24. The van der Waals surface area contributed by atoms with Gasteiger partial charge in [0, 0.05) is 16.7 Å². The van der Waals surface area contributed by atoms with Gasteiger partial charge in [-0.15, -0.1) is 0 Å². The van der Waals surface area contributed by atoms with Gasteiger partial charge in [0.2, 0.25) is 0 Å². The number of hydrogen-bond acceptors (Lipinski definition) is 3. The van der Waals surface area contributed by atoms with Gasteiger partial charge in [-0.3, -0.25) is 14.9 Å². The SMILES string of the molecule is O=C1N=c2ccccc2=CC1c1c(Cl)ccc([N+](=O)[O-])c1Cl. The molecule has 1 amide bonds. The van der Waals surface area contributed by atoms with Crippen molar-refractivity contribution in [1.29, 1.82) is 0 Å². The Kier molecular flexibility index (Phi) is 3.68. The molecule has 2 aromatic rings. The normalized spacial score (nSPS) is 16.5. The van der Waals surface area contributed by atoms with Gasteiger partial charge in [0.05, 0.1) is 16.2 Å². The molecule has 22 heavy (non-hydrogen) atoms. The largest absolute Gasteiger partial charge is 0.288 e. The molecule has 0 saturated heterocycles. The van der Waals surface area contributed by atoms with Crippen molar-refractivity contribution in [2.24, 2.45) is 4.99 Å². The van der Waals surface area contributed by atoms with Crippen LogP contribution in [0.15, 0.2) is 41.4 Å². The van der Waals surface area contributed by atoms with Crippen molar-refractivity contribution < 1.29 is 9.72 Å². The summed E-state index contributed by atoms with van der Waals surface area (Å²) in [6.45, 7) is 0. The van der Waals surface area contributed by atoms with E-state index in [4.69, 9.17) is 23.2 Å². The number of carbonyl (C=O) groups excluding carboxylic acids is 1. The number of carbonyl (C=O) groups is 1. The van der Waals surface area contributed by atoms with Gasteiger partial charge < -0.3 is 0 Å². The molecule has 1 aliphatic rings. The maximum Gasteiger partial charge on any atom is 0.288 e. The fourth-order valence-electron chi connectivity index (χ4n) is 2.36. The lowest BCUT2D eigenvalue weighted by atomic mass is 9.94. The van der Waals surface area contributed by atoms with Gasteiger partial charge >= 0.3 is 0 Å². The average molecular weight is 335 g/mol. The highest BCUT2D eigenvalue weighted by Gasteiger charge is 2.29. The van der Waals surface area contributed by atoms with E-state index in [9.17, 15) is 14.9 Å². The molecule has 7 heteroatoms. The molecule has 0 saturated carbocycles. The topological polar surface area (TPSA) is 72.6 Å². The smallest absolute Gasteiger partial charge is 0.272 e. The van der Waals surface area contributed by atoms with E-state index < -0.39 is 16.7 Å². The summed E-state index contributed by atoms with van der Waals surface area (Å²) in [4.78, 5) is 26.7. The van der Waals surface area contributed by atoms with Gasteiger partial charge in [0.1, 0.15) is 5.02 Å². The van der Waals surface area contributed by atoms with E-state index in [1.54, 1.807) is 24.3 Å². The first-order valence-corrected chi connectivity index (χ1v) is 7.06. The van der Waals surface area contributed by atoms with Crippen LogP contribution in [0.1, 0.15) is 11.5 Å². The van der Waals surface area contributed by atoms with Crippen molar-refractivity contribution in [3.63, 3.8) is 0 Å². The molecule has 5 nitrogen and oxygen atoms in total. The van der Waals surface area contributed by atoms with E-state index in [0.29, 0.717) is 5.36 Å². The average Bonchev–Trinajstić information content (AvgIpc) is 2.47. The first-order valence-electron chi connectivity index (χ1n) is 6.31. The van der Waals surface area contributed by atoms with Crippen LogP contribution in [0.5, 0.6) is 0 Å². The highest BCUT2D eigenvalue weighted by Crippen LogP contribution is 2.39. The number of nitro benzene ring substituents is 1. The molecule has 0 bridgehead atoms. The lowest BCUT2D eigenvalue weighted by Crippen LogP contribution is -2.32. The van der Waals surface area contributed by atoms with Gasteiger partial charge in [-0.25, -0.2) is 4.99 Å². The molecule has 0 fully saturated rings. The Morgan fingerprint density at radius 3 is 2.59 bits per heavy atom. The summed E-state index contributed by atoms with van der Waals surface area (Å²) in [5, 5.41) is 12.4. The second-order valence-electron chi connectivity index (χ2n) is 4.70. The zero-order chi connectivity index (χ0) is 15.9. The van der Waals surface area contributed by atoms with E-state index in [1.807, 2.05) is 6.07 Å². The van der Waals surface area contributed by atoms with Crippen LogP contribution in [0.25, 0.3) is 6.08 Å². The van der Waals surface area contributed by atoms with Crippen molar-refractivity contribution in [3.8, 4) is 0 Å². The van der Waals surface area contributed by atoms with E-state index in [1.165, 1.54) is 12.1 Å². The molecule has 0 spiro atoms. The molecule has 0 aromatic heterocycles. The maximum atomic E-state index is 12.3. The first-order chi connectivity index (χ1) is 10.5. The summed E-state index contributed by atoms with van der Waals surface area (Å²) in [6, 6.07) is 9.69. The molecule has 1 heterocycles. The number of hydrogen-bond donors (Lipinski definition) is 0. The maximum absolute atomic E-state index is 12.3. The van der Waals surface area contributed by atoms with Crippen LogP contribution in [0.3, 0.4) is 0 Å². The van der Waals surface area contributed by atoms with Crippen LogP contribution in [0.2, 0.25) is 10.0 Å². The molecular formula is C15H8Cl2N2O3. The number of halogens is 2. The predicted octanol–water partition coefficient (Wildman–Crippen LogP) is 2.63. The summed E-state index contributed by atoms with van der Waals surface area (Å²) in [6.07, 6.45) is 1.67. The van der Waals surface area contributed by atoms with Crippen LogP contribution in [-0.4, -0.2) is 10.8 Å². The molecule has 0 aliphatic carbocycles. The number of nitro groups is 1. The van der Waals surface area contributed by atoms with E-state index in [2.05, 4.69) is 4.99 Å². The van der Waals surface area contributed by atoms with Crippen LogP contribution in [-0.2, 0) is 4.79 Å². The minimum atomic E-state index is -0.838. The molecule has 1 atom stereocenters. The highest BCUT2D eigenvalue weighted by atomic mass is 35.5. The number of benzene rings is 2. The summed E-state index contributed by atoms with van der Waals surface area (Å²) in [7, 11) is 0. The van der Waals surface area contributed by atoms with Crippen LogP contribution < -0.4 is 10.6 Å². The van der Waals surface area contributed by atoms with E-state index in [0.717, 1.165) is 5.22 Å². The third kappa shape index (κ3) is 2.38. The van der Waals surface area contributed by atoms with Gasteiger partial charge in [-0.05, 0) is 17.4 Å². The van der Waals surface area contributed by atoms with Gasteiger partial charge in [0.15, 0.2) is 0 Å². The lowest BCUT2D eigenvalue weighted by molar-refractivity contribution is -0.384. The third-order valence-electron chi connectivity index (χ3n) is 3.39. The van der Waals surface area contributed by atoms with Crippen molar-refractivity contribution in [3.05, 3.63) is 72.7 Å². The number of amides is 1. The molecule has 0 N–H and O–H groups in total. The summed E-state index contributed by atoms with van der Waals surface area (Å²) in [5.74, 6) is -1.29. The van der Waals surface area contributed by atoms with E-state index in [-0.39, 0.29) is 21.3 Å². The summed E-state index contributed by atoms with van der Waals surface area (Å²) < 4.78 is 0. The zero-order valence-corrected chi connectivity index (χ0v) is 12.5. The molecule has 3 rings (SSSR count). The molecule has 2 aromatic carbocycles. The number of nitrogens with zero attached hydrogens (tertiary/aromatic N) is 2. The second-order valence-corrected chi connectivity index (χ2v) is 5.49. The number of rotatable bonds is 2. The fraction of sp³-hybridized carbons (Fsp3) is 0.0667. The number of fused-ring (bicyclic) bond motifs is 1. The minimum Gasteiger partial charge on any atom is -0.272 e. The van der Waals surface area contributed by atoms with Crippen LogP contribution in [0, 0.1) is 10.1 Å². The third-order valence-corrected chi connectivity index (χ3v) is 4.12. The Bertz CT molecular complexity index is 925. The first kappa shape index (κ1) is 14.7. The van der Waals surface area contributed by atoms with Gasteiger partial charge in [-0.2, -0.15) is 0 Å². The standard InChI is InChI=1S/C15H8Cl2N2O3/c16-10-5-6-12(19(21)22)14(17)13(10)9-7-8-3-1-2-4-11(8)18-15(9)20/h1-7,9H. The van der Waals surface area contributed by atoms with Crippen molar-refractivity contribution >= 4 is 40.9 Å². The Labute approximate surface area is 134 Å².